The van der Waals surface area contributed by atoms with Crippen LogP contribution in [0.4, 0.5) is 5.69 Å². The highest BCUT2D eigenvalue weighted by atomic mass is 16.3. The first-order valence-electron chi connectivity index (χ1n) is 4.26. The smallest absolute Gasteiger partial charge is 0.116 e. The molecule has 0 amide bonds. The van der Waals surface area contributed by atoms with Crippen LogP contribution in [0.1, 0.15) is 0 Å². The summed E-state index contributed by atoms with van der Waals surface area (Å²) < 4.78 is 0. The number of anilines is 1. The summed E-state index contributed by atoms with van der Waals surface area (Å²) in [6.07, 6.45) is 3.27. The van der Waals surface area contributed by atoms with E-state index in [0.29, 0.717) is 5.69 Å². The average Bonchev–Trinajstić information content (AvgIpc) is 2.18. The fourth-order valence-electron chi connectivity index (χ4n) is 1.34. The molecule has 0 radical (unpaired) electrons. The molecule has 2 aromatic rings. The fourth-order valence-corrected chi connectivity index (χ4v) is 1.34. The van der Waals surface area contributed by atoms with Gasteiger partial charge in [-0.3, -0.25) is 4.98 Å². The third-order valence-electron chi connectivity index (χ3n) is 2.01. The lowest BCUT2D eigenvalue weighted by atomic mass is 10.1. The summed E-state index contributed by atoms with van der Waals surface area (Å²) >= 11 is 0. The van der Waals surface area contributed by atoms with Crippen LogP contribution in [0.5, 0.6) is 5.75 Å². The molecule has 70 valence electrons. The highest BCUT2D eigenvalue weighted by Crippen LogP contribution is 2.26. The van der Waals surface area contributed by atoms with Gasteiger partial charge in [0.2, 0.25) is 0 Å². The van der Waals surface area contributed by atoms with Crippen LogP contribution in [-0.2, 0) is 0 Å². The molecular weight excluding hydrogens is 176 g/mol. The van der Waals surface area contributed by atoms with Gasteiger partial charge in [0.15, 0.2) is 0 Å². The Morgan fingerprint density at radius 1 is 1.21 bits per heavy atom. The summed E-state index contributed by atoms with van der Waals surface area (Å²) in [5.41, 5.74) is 8.15. The summed E-state index contributed by atoms with van der Waals surface area (Å²) in [7, 11) is 0. The van der Waals surface area contributed by atoms with Gasteiger partial charge in [0.25, 0.3) is 0 Å². The molecular formula is C11H10N2O. The van der Waals surface area contributed by atoms with Crippen molar-refractivity contribution in [3.05, 3.63) is 42.7 Å². The molecule has 1 heterocycles. The number of hydrogen-bond donors (Lipinski definition) is 2. The molecule has 0 fully saturated rings. The zero-order valence-electron chi connectivity index (χ0n) is 7.51. The van der Waals surface area contributed by atoms with E-state index in [-0.39, 0.29) is 5.75 Å². The van der Waals surface area contributed by atoms with E-state index in [1.165, 1.54) is 0 Å². The van der Waals surface area contributed by atoms with Crippen molar-refractivity contribution in [3.63, 3.8) is 0 Å². The van der Waals surface area contributed by atoms with E-state index in [1.54, 1.807) is 30.6 Å². The molecule has 3 N–H and O–H groups in total. The summed E-state index contributed by atoms with van der Waals surface area (Å²) in [4.78, 5) is 3.91. The monoisotopic (exact) mass is 186 g/mol. The van der Waals surface area contributed by atoms with Crippen molar-refractivity contribution >= 4 is 5.69 Å². The molecule has 0 bridgehead atoms. The second-order valence-electron chi connectivity index (χ2n) is 3.01. The van der Waals surface area contributed by atoms with Gasteiger partial charge < -0.3 is 10.8 Å². The number of nitrogens with two attached hydrogens (primary N) is 1. The number of nitrogens with zero attached hydrogens (tertiary/aromatic N) is 1. The Hall–Kier alpha value is -2.03. The largest absolute Gasteiger partial charge is 0.508 e. The number of aromatic nitrogens is 1. The van der Waals surface area contributed by atoms with Crippen molar-refractivity contribution in [3.8, 4) is 16.9 Å². The van der Waals surface area contributed by atoms with Gasteiger partial charge >= 0.3 is 0 Å². The van der Waals surface area contributed by atoms with E-state index in [2.05, 4.69) is 4.98 Å². The predicted molar refractivity (Wildman–Crippen MR) is 55.8 cm³/mol. The number of phenolic OH excluding ortho intramolecular Hbond substituents is 1. The third kappa shape index (κ3) is 1.52. The van der Waals surface area contributed by atoms with Crippen molar-refractivity contribution < 1.29 is 5.11 Å². The number of nitrogen functional groups attached to an aromatic ring is 1. The van der Waals surface area contributed by atoms with Gasteiger partial charge in [-0.15, -0.1) is 0 Å². The van der Waals surface area contributed by atoms with Crippen molar-refractivity contribution in [1.82, 2.24) is 4.98 Å². The molecule has 3 heteroatoms. The van der Waals surface area contributed by atoms with Gasteiger partial charge in [0, 0.05) is 11.8 Å². The van der Waals surface area contributed by atoms with Crippen LogP contribution in [-0.4, -0.2) is 10.1 Å². The SMILES string of the molecule is Nc1cnccc1-c1cccc(O)c1. The molecule has 0 aliphatic rings. The Morgan fingerprint density at radius 2 is 2.07 bits per heavy atom. The van der Waals surface area contributed by atoms with Crippen LogP contribution in [0.3, 0.4) is 0 Å². The van der Waals surface area contributed by atoms with Crippen molar-refractivity contribution in [1.29, 1.82) is 0 Å². The Balaban J connectivity index is 2.55. The topological polar surface area (TPSA) is 59.1 Å². The minimum Gasteiger partial charge on any atom is -0.508 e. The maximum Gasteiger partial charge on any atom is 0.116 e. The normalized spacial score (nSPS) is 10.0. The van der Waals surface area contributed by atoms with E-state index in [1.807, 2.05) is 12.1 Å². The first-order valence-corrected chi connectivity index (χ1v) is 4.26. The molecule has 0 saturated carbocycles. The maximum absolute atomic E-state index is 9.31. The van der Waals surface area contributed by atoms with Gasteiger partial charge in [-0.25, -0.2) is 0 Å². The fraction of sp³-hybridized carbons (Fsp3) is 0. The van der Waals surface area contributed by atoms with E-state index in [4.69, 9.17) is 5.73 Å². The lowest BCUT2D eigenvalue weighted by Crippen LogP contribution is -1.90. The lowest BCUT2D eigenvalue weighted by Gasteiger charge is -2.04. The highest BCUT2D eigenvalue weighted by Gasteiger charge is 2.01. The van der Waals surface area contributed by atoms with E-state index in [9.17, 15) is 5.11 Å². The Morgan fingerprint density at radius 3 is 2.79 bits per heavy atom. The standard InChI is InChI=1S/C11H10N2O/c12-11-7-13-5-4-10(11)8-2-1-3-9(14)6-8/h1-7,14H,12H2. The molecule has 3 nitrogen and oxygen atoms in total. The average molecular weight is 186 g/mol. The summed E-state index contributed by atoms with van der Waals surface area (Å²) in [6.45, 7) is 0. The number of benzene rings is 1. The zero-order valence-corrected chi connectivity index (χ0v) is 7.51. The molecule has 0 atom stereocenters. The summed E-state index contributed by atoms with van der Waals surface area (Å²) in [5.74, 6) is 0.235. The first kappa shape index (κ1) is 8.56. The minimum atomic E-state index is 0.235. The van der Waals surface area contributed by atoms with Gasteiger partial charge in [-0.05, 0) is 23.8 Å². The maximum atomic E-state index is 9.31. The molecule has 0 saturated heterocycles. The van der Waals surface area contributed by atoms with Crippen LogP contribution in [0, 0.1) is 0 Å². The van der Waals surface area contributed by atoms with Crippen molar-refractivity contribution in [2.24, 2.45) is 0 Å². The van der Waals surface area contributed by atoms with Crippen LogP contribution >= 0.6 is 0 Å². The molecule has 0 spiro atoms. The van der Waals surface area contributed by atoms with Crippen LogP contribution < -0.4 is 5.73 Å². The van der Waals surface area contributed by atoms with Crippen molar-refractivity contribution in [2.75, 3.05) is 5.73 Å². The van der Waals surface area contributed by atoms with Crippen molar-refractivity contribution in [2.45, 2.75) is 0 Å². The van der Waals surface area contributed by atoms with Gasteiger partial charge in [0.1, 0.15) is 5.75 Å². The Bertz CT molecular complexity index is 455. The summed E-state index contributed by atoms with van der Waals surface area (Å²) in [5, 5.41) is 9.31. The minimum absolute atomic E-state index is 0.235. The molecule has 1 aromatic carbocycles. The van der Waals surface area contributed by atoms with E-state index in [0.717, 1.165) is 11.1 Å². The van der Waals surface area contributed by atoms with Crippen LogP contribution in [0.25, 0.3) is 11.1 Å². The van der Waals surface area contributed by atoms with Crippen LogP contribution in [0.2, 0.25) is 0 Å². The number of pyridine rings is 1. The molecule has 1 aromatic heterocycles. The molecule has 0 aliphatic carbocycles. The summed E-state index contributed by atoms with van der Waals surface area (Å²) in [6, 6.07) is 8.80. The number of hydrogen-bond acceptors (Lipinski definition) is 3. The zero-order chi connectivity index (χ0) is 9.97. The quantitative estimate of drug-likeness (QED) is 0.716. The van der Waals surface area contributed by atoms with Crippen LogP contribution in [0.15, 0.2) is 42.7 Å². The van der Waals surface area contributed by atoms with E-state index < -0.39 is 0 Å². The third-order valence-corrected chi connectivity index (χ3v) is 2.01. The predicted octanol–water partition coefficient (Wildman–Crippen LogP) is 2.04. The highest BCUT2D eigenvalue weighted by molar-refractivity contribution is 5.75. The number of rotatable bonds is 1. The number of phenols is 1. The molecule has 2 rings (SSSR count). The second-order valence-corrected chi connectivity index (χ2v) is 3.01. The number of aromatic hydroxyl groups is 1. The van der Waals surface area contributed by atoms with Gasteiger partial charge in [-0.2, -0.15) is 0 Å². The van der Waals surface area contributed by atoms with E-state index >= 15 is 0 Å². The van der Waals surface area contributed by atoms with Gasteiger partial charge in [-0.1, -0.05) is 12.1 Å². The first-order chi connectivity index (χ1) is 6.77. The second kappa shape index (κ2) is 3.38. The Labute approximate surface area is 81.8 Å². The van der Waals surface area contributed by atoms with Gasteiger partial charge in [0.05, 0.1) is 11.9 Å². The lowest BCUT2D eigenvalue weighted by molar-refractivity contribution is 0.475. The molecule has 0 aliphatic heterocycles. The Kier molecular flexibility index (Phi) is 2.07. The molecule has 0 unspecified atom stereocenters. The molecule has 14 heavy (non-hydrogen) atoms.